The summed E-state index contributed by atoms with van der Waals surface area (Å²) >= 11 is 1.30. The largest absolute Gasteiger partial charge is 0.477 e. The van der Waals surface area contributed by atoms with Gasteiger partial charge in [-0.25, -0.2) is 14.8 Å². The number of carbonyl (C=O) groups is 2. The molecule has 182 valence electrons. The van der Waals surface area contributed by atoms with E-state index >= 15 is 0 Å². The van der Waals surface area contributed by atoms with Crippen molar-refractivity contribution < 1.29 is 19.4 Å². The molecule has 0 bridgehead atoms. The van der Waals surface area contributed by atoms with Crippen LogP contribution >= 0.6 is 23.7 Å². The molecule has 3 atom stereocenters. The molecule has 0 amide bonds. The van der Waals surface area contributed by atoms with E-state index in [1.165, 1.54) is 22.1 Å². The minimum Gasteiger partial charge on any atom is -0.477 e. The Balaban J connectivity index is 0.00000324. The summed E-state index contributed by atoms with van der Waals surface area (Å²) in [6.07, 6.45) is 2.67. The SMILES string of the molecule is CO[C@@H]1CN(c2ccc3c(=O)c(C(=O)O)cn(-c4nccs4)c3n2)C[C@H]1NCC(=O)[C@H](C)N.Cl. The van der Waals surface area contributed by atoms with Gasteiger partial charge in [0.25, 0.3) is 0 Å². The third-order valence-corrected chi connectivity index (χ3v) is 6.40. The van der Waals surface area contributed by atoms with E-state index in [1.54, 1.807) is 37.7 Å². The second-order valence-corrected chi connectivity index (χ2v) is 8.70. The van der Waals surface area contributed by atoms with Crippen LogP contribution in [0, 0.1) is 0 Å². The van der Waals surface area contributed by atoms with Gasteiger partial charge in [0.1, 0.15) is 11.4 Å². The van der Waals surface area contributed by atoms with Gasteiger partial charge in [0, 0.05) is 38.0 Å². The summed E-state index contributed by atoms with van der Waals surface area (Å²) in [5.74, 6) is -0.803. The summed E-state index contributed by atoms with van der Waals surface area (Å²) in [5.41, 5.74) is 5.01. The number of ether oxygens (including phenoxy) is 1. The van der Waals surface area contributed by atoms with E-state index in [2.05, 4.69) is 10.3 Å². The van der Waals surface area contributed by atoms with Gasteiger partial charge in [0.2, 0.25) is 5.43 Å². The molecule has 34 heavy (non-hydrogen) atoms. The number of rotatable bonds is 8. The van der Waals surface area contributed by atoms with Crippen LogP contribution < -0.4 is 21.4 Å². The fraction of sp³-hybridized carbons (Fsp3) is 0.381. The Hall–Kier alpha value is -2.90. The summed E-state index contributed by atoms with van der Waals surface area (Å²) in [5, 5.41) is 15.1. The van der Waals surface area contributed by atoms with Gasteiger partial charge in [-0.3, -0.25) is 14.2 Å². The number of pyridine rings is 2. The zero-order chi connectivity index (χ0) is 23.7. The third-order valence-electron chi connectivity index (χ3n) is 5.63. The maximum Gasteiger partial charge on any atom is 0.341 e. The Labute approximate surface area is 205 Å². The highest BCUT2D eigenvalue weighted by atomic mass is 35.5. The van der Waals surface area contributed by atoms with E-state index in [4.69, 9.17) is 15.5 Å². The number of aromatic carboxylic acids is 1. The molecule has 1 saturated heterocycles. The van der Waals surface area contributed by atoms with Crippen LogP contribution in [-0.2, 0) is 9.53 Å². The van der Waals surface area contributed by atoms with Crippen LogP contribution in [0.4, 0.5) is 5.82 Å². The molecule has 11 nitrogen and oxygen atoms in total. The lowest BCUT2D eigenvalue weighted by Gasteiger charge is -2.19. The van der Waals surface area contributed by atoms with Gasteiger partial charge in [-0.05, 0) is 19.1 Å². The number of carbonyl (C=O) groups excluding carboxylic acids is 1. The first-order valence-electron chi connectivity index (χ1n) is 10.3. The quantitative estimate of drug-likeness (QED) is 0.395. The second kappa shape index (κ2) is 10.6. The summed E-state index contributed by atoms with van der Waals surface area (Å²) in [4.78, 5) is 47.2. The molecule has 4 rings (SSSR count). The van der Waals surface area contributed by atoms with Gasteiger partial charge in [-0.1, -0.05) is 0 Å². The van der Waals surface area contributed by atoms with Crippen molar-refractivity contribution in [3.8, 4) is 5.13 Å². The Morgan fingerprint density at radius 3 is 2.76 bits per heavy atom. The number of carboxylic acid groups (broad SMARTS) is 1. The van der Waals surface area contributed by atoms with E-state index in [0.717, 1.165) is 0 Å². The number of halogens is 1. The number of fused-ring (bicyclic) bond motifs is 1. The smallest absolute Gasteiger partial charge is 0.341 e. The summed E-state index contributed by atoms with van der Waals surface area (Å²) in [6, 6.07) is 2.60. The molecule has 0 unspecified atom stereocenters. The maximum atomic E-state index is 12.7. The van der Waals surface area contributed by atoms with Crippen molar-refractivity contribution in [3.05, 3.63) is 45.7 Å². The lowest BCUT2D eigenvalue weighted by molar-refractivity contribution is -0.119. The standard InChI is InChI=1S/C21H24N6O5S.ClH/c1-11(22)15(28)7-24-14-9-26(10-16(14)32-2)17-4-3-12-18(29)13(20(30)31)8-27(19(12)25-17)21-23-5-6-33-21;/h3-6,8,11,14,16,24H,7,9-10,22H2,1-2H3,(H,30,31);1H/t11-,14+,16+;/m0./s1. The number of thiazole rings is 1. The number of methoxy groups -OCH3 is 1. The Bertz CT molecular complexity index is 1250. The topological polar surface area (TPSA) is 153 Å². The normalized spacial score (nSPS) is 18.6. The number of nitrogens with one attached hydrogen (secondary N) is 1. The van der Waals surface area contributed by atoms with Crippen molar-refractivity contribution in [1.82, 2.24) is 19.9 Å². The molecule has 0 saturated carbocycles. The van der Waals surface area contributed by atoms with Crippen molar-refractivity contribution in [2.75, 3.05) is 31.6 Å². The van der Waals surface area contributed by atoms with Gasteiger partial charge in [0.05, 0.1) is 30.1 Å². The number of ketones is 1. The molecule has 0 aromatic carbocycles. The van der Waals surface area contributed by atoms with Crippen LogP contribution in [0.15, 0.2) is 34.7 Å². The van der Waals surface area contributed by atoms with Crippen molar-refractivity contribution in [2.45, 2.75) is 25.1 Å². The Morgan fingerprint density at radius 2 is 2.15 bits per heavy atom. The molecule has 1 aliphatic rings. The zero-order valence-corrected chi connectivity index (χ0v) is 20.1. The lowest BCUT2D eigenvalue weighted by Crippen LogP contribution is -2.45. The first-order chi connectivity index (χ1) is 15.8. The molecule has 1 fully saturated rings. The highest BCUT2D eigenvalue weighted by Gasteiger charge is 2.34. The van der Waals surface area contributed by atoms with E-state index in [-0.39, 0.29) is 47.8 Å². The number of Topliss-reactive ketones (excluding diaryl/α,β-unsaturated/α-hetero) is 1. The molecule has 0 spiro atoms. The molecule has 3 aromatic heterocycles. The van der Waals surface area contributed by atoms with Crippen LogP contribution in [0.3, 0.4) is 0 Å². The van der Waals surface area contributed by atoms with Crippen molar-refractivity contribution in [3.63, 3.8) is 0 Å². The number of nitrogens with two attached hydrogens (primary N) is 1. The fourth-order valence-corrected chi connectivity index (χ4v) is 4.41. The molecule has 4 N–H and O–H groups in total. The van der Waals surface area contributed by atoms with E-state index in [1.807, 2.05) is 4.90 Å². The fourth-order valence-electron chi connectivity index (χ4n) is 3.79. The number of carboxylic acids is 1. The highest BCUT2D eigenvalue weighted by Crippen LogP contribution is 2.24. The monoisotopic (exact) mass is 508 g/mol. The zero-order valence-electron chi connectivity index (χ0n) is 18.5. The third kappa shape index (κ3) is 4.95. The van der Waals surface area contributed by atoms with Gasteiger partial charge in [-0.2, -0.15) is 0 Å². The Morgan fingerprint density at radius 1 is 1.38 bits per heavy atom. The molecule has 4 heterocycles. The van der Waals surface area contributed by atoms with Gasteiger partial charge in [-0.15, -0.1) is 23.7 Å². The second-order valence-electron chi connectivity index (χ2n) is 7.82. The number of nitrogens with zero attached hydrogens (tertiary/aromatic N) is 4. The maximum absolute atomic E-state index is 12.7. The first kappa shape index (κ1) is 25.7. The molecular formula is C21H25ClN6O5S. The molecule has 3 aromatic rings. The van der Waals surface area contributed by atoms with Gasteiger partial charge < -0.3 is 25.8 Å². The predicted octanol–water partition coefficient (Wildman–Crippen LogP) is 0.672. The lowest BCUT2D eigenvalue weighted by atomic mass is 10.2. The van der Waals surface area contributed by atoms with Crippen LogP contribution in [0.2, 0.25) is 0 Å². The molecule has 0 radical (unpaired) electrons. The van der Waals surface area contributed by atoms with Gasteiger partial charge >= 0.3 is 5.97 Å². The number of aromatic nitrogens is 3. The average Bonchev–Trinajstić information content (AvgIpc) is 3.47. The van der Waals surface area contributed by atoms with Crippen LogP contribution in [0.5, 0.6) is 0 Å². The molecule has 0 aliphatic carbocycles. The predicted molar refractivity (Wildman–Crippen MR) is 131 cm³/mol. The van der Waals surface area contributed by atoms with Crippen LogP contribution in [0.1, 0.15) is 17.3 Å². The van der Waals surface area contributed by atoms with E-state index in [0.29, 0.717) is 29.7 Å². The molecule has 1 aliphatic heterocycles. The number of anilines is 1. The van der Waals surface area contributed by atoms with E-state index in [9.17, 15) is 19.5 Å². The van der Waals surface area contributed by atoms with Crippen LogP contribution in [0.25, 0.3) is 16.2 Å². The van der Waals surface area contributed by atoms with Crippen LogP contribution in [-0.4, -0.2) is 76.3 Å². The minimum atomic E-state index is -1.31. The number of hydrogen-bond acceptors (Lipinski definition) is 10. The Kier molecular flexibility index (Phi) is 8.00. The van der Waals surface area contributed by atoms with Crippen molar-refractivity contribution in [2.24, 2.45) is 5.73 Å². The van der Waals surface area contributed by atoms with E-state index < -0.39 is 17.4 Å². The first-order valence-corrected chi connectivity index (χ1v) is 11.2. The van der Waals surface area contributed by atoms with Gasteiger partial charge in [0.15, 0.2) is 16.6 Å². The summed E-state index contributed by atoms with van der Waals surface area (Å²) in [7, 11) is 1.61. The molecular weight excluding hydrogens is 484 g/mol. The average molecular weight is 509 g/mol. The summed E-state index contributed by atoms with van der Waals surface area (Å²) < 4.78 is 7.12. The highest BCUT2D eigenvalue weighted by molar-refractivity contribution is 7.12. The van der Waals surface area contributed by atoms with Crippen molar-refractivity contribution in [1.29, 1.82) is 0 Å². The molecule has 13 heteroatoms. The van der Waals surface area contributed by atoms with Crippen molar-refractivity contribution >= 4 is 52.3 Å². The summed E-state index contributed by atoms with van der Waals surface area (Å²) in [6.45, 7) is 2.84. The number of hydrogen-bond donors (Lipinski definition) is 3. The minimum absolute atomic E-state index is 0.